The average Bonchev–Trinajstić information content (AvgIpc) is 2.81. The normalized spacial score (nSPS) is 17.0. The molecule has 1 rings (SSSR count). The molecule has 0 aromatic carbocycles. The fourth-order valence-electron chi connectivity index (χ4n) is 0.910. The Labute approximate surface area is 77.9 Å². The summed E-state index contributed by atoms with van der Waals surface area (Å²) in [7, 11) is -1.63. The molecule has 1 amide bonds. The summed E-state index contributed by atoms with van der Waals surface area (Å²) in [6.07, 6.45) is 1.55. The van der Waals surface area contributed by atoms with Crippen molar-refractivity contribution in [3.8, 4) is 0 Å². The van der Waals surface area contributed by atoms with E-state index >= 15 is 0 Å². The van der Waals surface area contributed by atoms with Crippen molar-refractivity contribution in [1.29, 1.82) is 0 Å². The van der Waals surface area contributed by atoms with Gasteiger partial charge in [0.2, 0.25) is 15.9 Å². The molecule has 0 aromatic heterocycles. The molecule has 0 saturated heterocycles. The van der Waals surface area contributed by atoms with Crippen LogP contribution in [0.2, 0.25) is 0 Å². The Kier molecular flexibility index (Phi) is 3.27. The van der Waals surface area contributed by atoms with Crippen LogP contribution in [-0.2, 0) is 14.8 Å². The van der Waals surface area contributed by atoms with Gasteiger partial charge in [0.05, 0.1) is 5.25 Å². The van der Waals surface area contributed by atoms with Gasteiger partial charge in [-0.2, -0.15) is 0 Å². The van der Waals surface area contributed by atoms with Gasteiger partial charge in [-0.1, -0.05) is 0 Å². The predicted molar refractivity (Wildman–Crippen MR) is 48.6 cm³/mol. The van der Waals surface area contributed by atoms with Gasteiger partial charge in [0.1, 0.15) is 0 Å². The van der Waals surface area contributed by atoms with Crippen molar-refractivity contribution in [2.75, 3.05) is 13.6 Å². The highest BCUT2D eigenvalue weighted by Gasteiger charge is 2.36. The fraction of sp³-hybridized carbons (Fsp3) is 0.857. The van der Waals surface area contributed by atoms with Gasteiger partial charge in [0.25, 0.3) is 0 Å². The molecule has 6 heteroatoms. The summed E-state index contributed by atoms with van der Waals surface area (Å²) in [5.41, 5.74) is 0. The smallest absolute Gasteiger partial charge is 0.237 e. The third-order valence-electron chi connectivity index (χ3n) is 1.82. The molecule has 1 saturated carbocycles. The minimum atomic E-state index is -3.34. The third-order valence-corrected chi connectivity index (χ3v) is 3.68. The average molecular weight is 206 g/mol. The molecular weight excluding hydrogens is 192 g/mol. The van der Waals surface area contributed by atoms with Crippen molar-refractivity contribution in [3.05, 3.63) is 0 Å². The van der Waals surface area contributed by atoms with E-state index in [-0.39, 0.29) is 11.7 Å². The van der Waals surface area contributed by atoms with E-state index in [9.17, 15) is 13.2 Å². The van der Waals surface area contributed by atoms with Crippen LogP contribution in [0.3, 0.4) is 0 Å². The van der Waals surface area contributed by atoms with Gasteiger partial charge in [0.15, 0.2) is 0 Å². The lowest BCUT2D eigenvalue weighted by molar-refractivity contribution is -0.119. The third kappa shape index (κ3) is 3.31. The highest BCUT2D eigenvalue weighted by molar-refractivity contribution is 7.90. The largest absolute Gasteiger partial charge is 0.319 e. The lowest BCUT2D eigenvalue weighted by Crippen LogP contribution is -2.34. The molecule has 0 bridgehead atoms. The van der Waals surface area contributed by atoms with Crippen molar-refractivity contribution in [2.24, 2.45) is 0 Å². The van der Waals surface area contributed by atoms with E-state index in [2.05, 4.69) is 5.32 Å². The van der Waals surface area contributed by atoms with Gasteiger partial charge in [-0.3, -0.25) is 9.52 Å². The first kappa shape index (κ1) is 10.5. The van der Waals surface area contributed by atoms with Crippen molar-refractivity contribution < 1.29 is 13.2 Å². The second-order valence-electron chi connectivity index (χ2n) is 3.12. The van der Waals surface area contributed by atoms with Gasteiger partial charge in [-0.15, -0.1) is 0 Å². The minimum absolute atomic E-state index is 0.197. The minimum Gasteiger partial charge on any atom is -0.319 e. The summed E-state index contributed by atoms with van der Waals surface area (Å²) in [6, 6.07) is 0. The van der Waals surface area contributed by atoms with Gasteiger partial charge in [-0.05, 0) is 19.9 Å². The van der Waals surface area contributed by atoms with Crippen molar-refractivity contribution in [3.63, 3.8) is 0 Å². The highest BCUT2D eigenvalue weighted by Crippen LogP contribution is 2.27. The van der Waals surface area contributed by atoms with Crippen LogP contribution < -0.4 is 10.0 Å². The van der Waals surface area contributed by atoms with Crippen LogP contribution in [0.15, 0.2) is 0 Å². The molecule has 0 aromatic rings. The Bertz CT molecular complexity index is 282. The lowest BCUT2D eigenvalue weighted by Gasteiger charge is -2.04. The Morgan fingerprint density at radius 2 is 2.08 bits per heavy atom. The van der Waals surface area contributed by atoms with Gasteiger partial charge in [0, 0.05) is 13.0 Å². The Morgan fingerprint density at radius 1 is 1.46 bits per heavy atom. The van der Waals surface area contributed by atoms with Crippen LogP contribution in [0.5, 0.6) is 0 Å². The van der Waals surface area contributed by atoms with E-state index in [4.69, 9.17) is 0 Å². The molecular formula is C7H14N2O3S. The molecule has 0 atom stereocenters. The molecule has 1 fully saturated rings. The molecule has 1 aliphatic carbocycles. The summed E-state index contributed by atoms with van der Waals surface area (Å²) in [6.45, 7) is 0.492. The summed E-state index contributed by atoms with van der Waals surface area (Å²) in [5.74, 6) is -0.429. The van der Waals surface area contributed by atoms with Crippen molar-refractivity contribution >= 4 is 15.9 Å². The van der Waals surface area contributed by atoms with E-state index in [1.165, 1.54) is 0 Å². The predicted octanol–water partition coefficient (Wildman–Crippen LogP) is -0.796. The molecule has 0 heterocycles. The highest BCUT2D eigenvalue weighted by atomic mass is 32.2. The van der Waals surface area contributed by atoms with Crippen LogP contribution in [0.25, 0.3) is 0 Å². The summed E-state index contributed by atoms with van der Waals surface area (Å²) in [5, 5.41) is 2.45. The second kappa shape index (κ2) is 4.06. The van der Waals surface area contributed by atoms with Crippen molar-refractivity contribution in [2.45, 2.75) is 24.5 Å². The van der Waals surface area contributed by atoms with Gasteiger partial charge >= 0.3 is 0 Å². The molecule has 0 aliphatic heterocycles. The van der Waals surface area contributed by atoms with E-state index < -0.39 is 15.9 Å². The standard InChI is InChI=1S/C7H14N2O3S/c1-8-5-4-7(10)9-13(11,12)6-2-3-6/h6,8H,2-5H2,1H3,(H,9,10). The lowest BCUT2D eigenvalue weighted by atomic mass is 10.4. The first-order valence-electron chi connectivity index (χ1n) is 4.25. The molecule has 2 N–H and O–H groups in total. The Balaban J connectivity index is 2.34. The number of rotatable bonds is 5. The van der Waals surface area contributed by atoms with Crippen LogP contribution in [0.1, 0.15) is 19.3 Å². The second-order valence-corrected chi connectivity index (χ2v) is 5.08. The van der Waals surface area contributed by atoms with Crippen LogP contribution in [-0.4, -0.2) is 33.2 Å². The van der Waals surface area contributed by atoms with Gasteiger partial charge in [-0.25, -0.2) is 8.42 Å². The Morgan fingerprint density at radius 3 is 2.54 bits per heavy atom. The maximum atomic E-state index is 11.2. The van der Waals surface area contributed by atoms with E-state index in [1.807, 2.05) is 4.72 Å². The molecule has 0 unspecified atom stereocenters. The number of carbonyl (C=O) groups is 1. The quantitative estimate of drug-likeness (QED) is 0.618. The molecule has 76 valence electrons. The molecule has 0 spiro atoms. The van der Waals surface area contributed by atoms with E-state index in [0.29, 0.717) is 19.4 Å². The number of sulfonamides is 1. The first-order chi connectivity index (χ1) is 6.06. The topological polar surface area (TPSA) is 75.3 Å². The zero-order valence-electron chi connectivity index (χ0n) is 7.54. The number of nitrogens with one attached hydrogen (secondary N) is 2. The first-order valence-corrected chi connectivity index (χ1v) is 5.80. The van der Waals surface area contributed by atoms with E-state index in [0.717, 1.165) is 0 Å². The zero-order valence-corrected chi connectivity index (χ0v) is 8.36. The number of amides is 1. The maximum absolute atomic E-state index is 11.2. The van der Waals surface area contributed by atoms with Crippen LogP contribution >= 0.6 is 0 Å². The SMILES string of the molecule is CNCCC(=O)NS(=O)(=O)C1CC1. The maximum Gasteiger partial charge on any atom is 0.237 e. The summed E-state index contributed by atoms with van der Waals surface area (Å²) < 4.78 is 24.5. The molecule has 5 nitrogen and oxygen atoms in total. The summed E-state index contributed by atoms with van der Waals surface area (Å²) in [4.78, 5) is 11.0. The molecule has 13 heavy (non-hydrogen) atoms. The fourth-order valence-corrected chi connectivity index (χ4v) is 2.25. The van der Waals surface area contributed by atoms with E-state index in [1.54, 1.807) is 7.05 Å². The Hall–Kier alpha value is -0.620. The number of hydrogen-bond donors (Lipinski definition) is 2. The number of carbonyl (C=O) groups excluding carboxylic acids is 1. The molecule has 0 radical (unpaired) electrons. The van der Waals surface area contributed by atoms with Crippen molar-refractivity contribution in [1.82, 2.24) is 10.0 Å². The van der Waals surface area contributed by atoms with Gasteiger partial charge < -0.3 is 5.32 Å². The monoisotopic (exact) mass is 206 g/mol. The van der Waals surface area contributed by atoms with Crippen LogP contribution in [0, 0.1) is 0 Å². The number of hydrogen-bond acceptors (Lipinski definition) is 4. The van der Waals surface area contributed by atoms with Crippen LogP contribution in [0.4, 0.5) is 0 Å². The zero-order chi connectivity index (χ0) is 9.90. The molecule has 1 aliphatic rings. The summed E-state index contributed by atoms with van der Waals surface area (Å²) >= 11 is 0.